The molecule has 0 aliphatic carbocycles. The van der Waals surface area contributed by atoms with Crippen molar-refractivity contribution in [3.8, 4) is 0 Å². The van der Waals surface area contributed by atoms with Crippen LogP contribution in [0.5, 0.6) is 0 Å². The van der Waals surface area contributed by atoms with E-state index in [-0.39, 0.29) is 19.2 Å². The Morgan fingerprint density at radius 2 is 1.55 bits per heavy atom. The van der Waals surface area contributed by atoms with Gasteiger partial charge in [-0.15, -0.1) is 0 Å². The molecular weight excluding hydrogens is 300 g/mol. The zero-order chi connectivity index (χ0) is 15.3. The van der Waals surface area contributed by atoms with Crippen molar-refractivity contribution in [2.75, 3.05) is 19.6 Å². The van der Waals surface area contributed by atoms with Crippen molar-refractivity contribution >= 4 is 10.0 Å². The van der Waals surface area contributed by atoms with E-state index in [1.807, 2.05) is 11.6 Å². The molecule has 1 aromatic rings. The zero-order valence-electron chi connectivity index (χ0n) is 10.6. The maximum absolute atomic E-state index is 13.4. The van der Waals surface area contributed by atoms with Crippen LogP contribution in [0.3, 0.4) is 0 Å². The molecule has 20 heavy (non-hydrogen) atoms. The second-order valence-electron chi connectivity index (χ2n) is 3.95. The normalized spacial score (nSPS) is 11.8. The highest BCUT2D eigenvalue weighted by Gasteiger charge is 2.29. The minimum absolute atomic E-state index is 0.0491. The van der Waals surface area contributed by atoms with Gasteiger partial charge in [-0.3, -0.25) is 0 Å². The van der Waals surface area contributed by atoms with Crippen molar-refractivity contribution in [1.29, 1.82) is 0 Å². The van der Waals surface area contributed by atoms with Crippen LogP contribution >= 0.6 is 0 Å². The van der Waals surface area contributed by atoms with Crippen LogP contribution in [0.1, 0.15) is 13.3 Å². The monoisotopic (exact) mass is 314 g/mol. The zero-order valence-corrected chi connectivity index (χ0v) is 11.5. The number of hydrogen-bond acceptors (Lipinski definition) is 3. The standard InChI is InChI=1S/C11H14F4N2O2S/c1-2-3-16-4-5-17-20(18,19)11-9(14)7(12)6-8(13)10(11)15/h6,16-17H,2-5H2,1H3. The van der Waals surface area contributed by atoms with E-state index in [1.54, 1.807) is 0 Å². The quantitative estimate of drug-likeness (QED) is 0.456. The molecule has 9 heteroatoms. The van der Waals surface area contributed by atoms with Crippen molar-refractivity contribution in [2.24, 2.45) is 0 Å². The second kappa shape index (κ2) is 7.00. The van der Waals surface area contributed by atoms with Crippen LogP contribution < -0.4 is 10.0 Å². The van der Waals surface area contributed by atoms with E-state index < -0.39 is 38.2 Å². The molecule has 0 unspecified atom stereocenters. The van der Waals surface area contributed by atoms with Crippen LogP contribution in [-0.2, 0) is 10.0 Å². The lowest BCUT2D eigenvalue weighted by atomic mass is 10.3. The average molecular weight is 314 g/mol. The topological polar surface area (TPSA) is 58.2 Å². The fourth-order valence-electron chi connectivity index (χ4n) is 1.43. The SMILES string of the molecule is CCCNCCNS(=O)(=O)c1c(F)c(F)cc(F)c1F. The summed E-state index contributed by atoms with van der Waals surface area (Å²) < 4.78 is 77.8. The minimum Gasteiger partial charge on any atom is -0.315 e. The number of benzene rings is 1. The molecule has 0 fully saturated rings. The fraction of sp³-hybridized carbons (Fsp3) is 0.455. The van der Waals surface area contributed by atoms with Gasteiger partial charge in [0.05, 0.1) is 0 Å². The summed E-state index contributed by atoms with van der Waals surface area (Å²) in [5.41, 5.74) is 0. The predicted octanol–water partition coefficient (Wildman–Crippen LogP) is 1.52. The van der Waals surface area contributed by atoms with Gasteiger partial charge in [-0.2, -0.15) is 0 Å². The third-order valence-electron chi connectivity index (χ3n) is 2.36. The van der Waals surface area contributed by atoms with Gasteiger partial charge >= 0.3 is 0 Å². The highest BCUT2D eigenvalue weighted by Crippen LogP contribution is 2.23. The van der Waals surface area contributed by atoms with Crippen LogP contribution in [0, 0.1) is 23.3 Å². The number of hydrogen-bond donors (Lipinski definition) is 2. The molecule has 0 amide bonds. The van der Waals surface area contributed by atoms with E-state index in [2.05, 4.69) is 5.32 Å². The van der Waals surface area contributed by atoms with Gasteiger partial charge in [0.25, 0.3) is 0 Å². The summed E-state index contributed by atoms with van der Waals surface area (Å²) in [4.78, 5) is -1.65. The van der Waals surface area contributed by atoms with Gasteiger partial charge in [0.2, 0.25) is 10.0 Å². The minimum atomic E-state index is -4.67. The average Bonchev–Trinajstić information content (AvgIpc) is 2.36. The first-order chi connectivity index (χ1) is 9.31. The van der Waals surface area contributed by atoms with E-state index in [9.17, 15) is 26.0 Å². The lowest BCUT2D eigenvalue weighted by molar-refractivity contribution is 0.418. The molecule has 0 saturated carbocycles. The summed E-state index contributed by atoms with van der Waals surface area (Å²) in [5, 5.41) is 2.85. The van der Waals surface area contributed by atoms with Crippen LogP contribution in [-0.4, -0.2) is 28.1 Å². The molecule has 0 heterocycles. The first-order valence-electron chi connectivity index (χ1n) is 5.84. The van der Waals surface area contributed by atoms with E-state index in [1.165, 1.54) is 0 Å². The molecule has 0 atom stereocenters. The highest BCUT2D eigenvalue weighted by molar-refractivity contribution is 7.89. The number of halogens is 4. The molecule has 0 aromatic heterocycles. The third-order valence-corrected chi connectivity index (χ3v) is 3.84. The Kier molecular flexibility index (Phi) is 5.90. The van der Waals surface area contributed by atoms with Gasteiger partial charge in [0, 0.05) is 19.2 Å². The van der Waals surface area contributed by atoms with E-state index in [0.717, 1.165) is 6.42 Å². The van der Waals surface area contributed by atoms with Crippen molar-refractivity contribution < 1.29 is 26.0 Å². The number of sulfonamides is 1. The number of rotatable bonds is 7. The van der Waals surface area contributed by atoms with E-state index in [0.29, 0.717) is 6.54 Å². The smallest absolute Gasteiger partial charge is 0.246 e. The molecule has 0 saturated heterocycles. The second-order valence-corrected chi connectivity index (χ2v) is 5.65. The lowest BCUT2D eigenvalue weighted by Crippen LogP contribution is -2.33. The van der Waals surface area contributed by atoms with Gasteiger partial charge in [0.15, 0.2) is 28.2 Å². The Morgan fingerprint density at radius 3 is 2.05 bits per heavy atom. The Bertz CT molecular complexity index is 552. The third kappa shape index (κ3) is 3.90. The summed E-state index contributed by atoms with van der Waals surface area (Å²) in [5.74, 6) is -7.43. The van der Waals surface area contributed by atoms with Crippen LogP contribution in [0.25, 0.3) is 0 Å². The van der Waals surface area contributed by atoms with Crippen LogP contribution in [0.2, 0.25) is 0 Å². The van der Waals surface area contributed by atoms with Crippen molar-refractivity contribution in [1.82, 2.24) is 10.0 Å². The number of nitrogens with one attached hydrogen (secondary N) is 2. The molecule has 2 N–H and O–H groups in total. The molecule has 1 aromatic carbocycles. The molecule has 1 rings (SSSR count). The maximum atomic E-state index is 13.4. The fourth-order valence-corrected chi connectivity index (χ4v) is 2.62. The van der Waals surface area contributed by atoms with Gasteiger partial charge in [0.1, 0.15) is 0 Å². The largest absolute Gasteiger partial charge is 0.315 e. The molecule has 0 bridgehead atoms. The van der Waals surface area contributed by atoms with Gasteiger partial charge in [-0.05, 0) is 13.0 Å². The van der Waals surface area contributed by atoms with E-state index >= 15 is 0 Å². The van der Waals surface area contributed by atoms with Crippen LogP contribution in [0.15, 0.2) is 11.0 Å². The Labute approximate surface area is 114 Å². The predicted molar refractivity (Wildman–Crippen MR) is 64.6 cm³/mol. The van der Waals surface area contributed by atoms with E-state index in [4.69, 9.17) is 0 Å². The Hall–Kier alpha value is -1.19. The first-order valence-corrected chi connectivity index (χ1v) is 7.33. The Balaban J connectivity index is 2.93. The van der Waals surface area contributed by atoms with Crippen molar-refractivity contribution in [2.45, 2.75) is 18.2 Å². The summed E-state index contributed by atoms with van der Waals surface area (Å²) >= 11 is 0. The molecule has 114 valence electrons. The van der Waals surface area contributed by atoms with Crippen molar-refractivity contribution in [3.63, 3.8) is 0 Å². The molecule has 4 nitrogen and oxygen atoms in total. The summed E-state index contributed by atoms with van der Waals surface area (Å²) in [6, 6.07) is -0.0491. The van der Waals surface area contributed by atoms with Gasteiger partial charge in [-0.1, -0.05) is 6.92 Å². The van der Waals surface area contributed by atoms with Crippen molar-refractivity contribution in [3.05, 3.63) is 29.3 Å². The maximum Gasteiger partial charge on any atom is 0.246 e. The lowest BCUT2D eigenvalue weighted by Gasteiger charge is -2.10. The molecule has 0 aliphatic rings. The molecule has 0 spiro atoms. The molecule has 0 aliphatic heterocycles. The molecular formula is C11H14F4N2O2S. The molecule has 0 radical (unpaired) electrons. The summed E-state index contributed by atoms with van der Waals surface area (Å²) in [7, 11) is -4.67. The Morgan fingerprint density at radius 1 is 1.00 bits per heavy atom. The first kappa shape index (κ1) is 16.9. The van der Waals surface area contributed by atoms with Gasteiger partial charge in [-0.25, -0.2) is 30.7 Å². The highest BCUT2D eigenvalue weighted by atomic mass is 32.2. The van der Waals surface area contributed by atoms with Crippen LogP contribution in [0.4, 0.5) is 17.6 Å². The van der Waals surface area contributed by atoms with Gasteiger partial charge < -0.3 is 5.32 Å². The summed E-state index contributed by atoms with van der Waals surface area (Å²) in [6.45, 7) is 2.59. The summed E-state index contributed by atoms with van der Waals surface area (Å²) in [6.07, 6.45) is 0.825.